The first-order valence-corrected chi connectivity index (χ1v) is 23.9. The van der Waals surface area contributed by atoms with Crippen LogP contribution in [0.3, 0.4) is 0 Å². The standard InChI is InChI=1S/C48H93NO5/c1-4-7-10-13-16-19-21-23-24-26-29-32-35-38-41-48(53)54-44(39-36-33-30-27-18-15-12-9-6-3)42-47(52)49-45(43-50)46(51)40-37-34-31-28-25-22-20-17-14-11-8-5-2/h15,18,44-46,50-51H,4-14,16-17,19-43H2,1-3H3,(H,49,52)/b18-15-. The number of carbonyl (C=O) groups excluding carboxylic acids is 2. The van der Waals surface area contributed by atoms with Gasteiger partial charge in [-0.2, -0.15) is 0 Å². The highest BCUT2D eigenvalue weighted by atomic mass is 16.5. The van der Waals surface area contributed by atoms with E-state index in [-0.39, 0.29) is 24.9 Å². The predicted octanol–water partition coefficient (Wildman–Crippen LogP) is 13.8. The summed E-state index contributed by atoms with van der Waals surface area (Å²) in [6, 6.07) is -0.698. The topological polar surface area (TPSA) is 95.9 Å². The zero-order chi connectivity index (χ0) is 39.6. The van der Waals surface area contributed by atoms with Gasteiger partial charge in [0.05, 0.1) is 25.2 Å². The van der Waals surface area contributed by atoms with Gasteiger partial charge >= 0.3 is 5.97 Å². The van der Waals surface area contributed by atoms with E-state index in [1.165, 1.54) is 148 Å². The van der Waals surface area contributed by atoms with Gasteiger partial charge in [-0.15, -0.1) is 0 Å². The first-order valence-electron chi connectivity index (χ1n) is 23.9. The van der Waals surface area contributed by atoms with Crippen LogP contribution in [0.5, 0.6) is 0 Å². The Hall–Kier alpha value is -1.40. The van der Waals surface area contributed by atoms with Crippen LogP contribution in [0.25, 0.3) is 0 Å². The highest BCUT2D eigenvalue weighted by Crippen LogP contribution is 2.18. The minimum atomic E-state index is -0.784. The number of hydrogen-bond acceptors (Lipinski definition) is 5. The number of esters is 1. The lowest BCUT2D eigenvalue weighted by atomic mass is 10.0. The number of aliphatic hydroxyl groups excluding tert-OH is 2. The largest absolute Gasteiger partial charge is 0.462 e. The van der Waals surface area contributed by atoms with Crippen molar-refractivity contribution in [3.05, 3.63) is 12.2 Å². The van der Waals surface area contributed by atoms with Gasteiger partial charge in [0.1, 0.15) is 6.10 Å². The smallest absolute Gasteiger partial charge is 0.306 e. The number of carbonyl (C=O) groups is 2. The number of nitrogens with one attached hydrogen (secondary N) is 1. The zero-order valence-electron chi connectivity index (χ0n) is 36.4. The first-order chi connectivity index (χ1) is 26.5. The molecule has 6 nitrogen and oxygen atoms in total. The van der Waals surface area contributed by atoms with Crippen molar-refractivity contribution in [2.75, 3.05) is 6.61 Å². The summed E-state index contributed by atoms with van der Waals surface area (Å²) in [6.45, 7) is 6.44. The molecule has 3 atom stereocenters. The van der Waals surface area contributed by atoms with Crippen molar-refractivity contribution in [2.24, 2.45) is 0 Å². The molecule has 0 saturated heterocycles. The second-order valence-electron chi connectivity index (χ2n) is 16.5. The molecule has 0 rings (SSSR count). The van der Waals surface area contributed by atoms with E-state index in [4.69, 9.17) is 4.74 Å². The van der Waals surface area contributed by atoms with Crippen LogP contribution < -0.4 is 5.32 Å². The molecule has 0 radical (unpaired) electrons. The number of allylic oxidation sites excluding steroid dienone is 2. The Balaban J connectivity index is 4.48. The van der Waals surface area contributed by atoms with Crippen LogP contribution in [0.1, 0.15) is 258 Å². The second kappa shape index (κ2) is 42.7. The Kier molecular flexibility index (Phi) is 41.6. The molecule has 0 aliphatic heterocycles. The van der Waals surface area contributed by atoms with Gasteiger partial charge in [-0.3, -0.25) is 9.59 Å². The van der Waals surface area contributed by atoms with Crippen LogP contribution in [0.15, 0.2) is 12.2 Å². The van der Waals surface area contributed by atoms with E-state index in [0.717, 1.165) is 64.2 Å². The SMILES string of the molecule is CCCC/C=C\CCCCCC(CC(=O)NC(CO)C(O)CCCCCCCCCCCCCC)OC(=O)CCCCCCCCCCCCCCCC. The van der Waals surface area contributed by atoms with Crippen molar-refractivity contribution < 1.29 is 24.5 Å². The molecule has 0 aromatic rings. The predicted molar refractivity (Wildman–Crippen MR) is 232 cm³/mol. The van der Waals surface area contributed by atoms with Crippen molar-refractivity contribution in [3.63, 3.8) is 0 Å². The Morgan fingerprint density at radius 3 is 1.37 bits per heavy atom. The van der Waals surface area contributed by atoms with Crippen LogP contribution in [0.4, 0.5) is 0 Å². The summed E-state index contributed by atoms with van der Waals surface area (Å²) >= 11 is 0. The zero-order valence-corrected chi connectivity index (χ0v) is 36.4. The summed E-state index contributed by atoms with van der Waals surface area (Å²) < 4.78 is 5.89. The number of unbranched alkanes of at least 4 members (excludes halogenated alkanes) is 29. The molecular formula is C48H93NO5. The molecule has 3 unspecified atom stereocenters. The molecule has 54 heavy (non-hydrogen) atoms. The van der Waals surface area contributed by atoms with Gasteiger partial charge < -0.3 is 20.3 Å². The van der Waals surface area contributed by atoms with E-state index in [9.17, 15) is 19.8 Å². The van der Waals surface area contributed by atoms with E-state index in [2.05, 4.69) is 38.2 Å². The molecule has 0 fully saturated rings. The third-order valence-electron chi connectivity index (χ3n) is 11.1. The number of aliphatic hydroxyl groups is 2. The van der Waals surface area contributed by atoms with Gasteiger partial charge in [0.25, 0.3) is 0 Å². The molecule has 0 aromatic carbocycles. The summed E-state index contributed by atoms with van der Waals surface area (Å²) in [5, 5.41) is 23.6. The van der Waals surface area contributed by atoms with E-state index >= 15 is 0 Å². The average Bonchev–Trinajstić information content (AvgIpc) is 3.16. The van der Waals surface area contributed by atoms with Gasteiger partial charge in [-0.05, 0) is 44.9 Å². The molecule has 1 amide bonds. The quantitative estimate of drug-likeness (QED) is 0.0326. The lowest BCUT2D eigenvalue weighted by Gasteiger charge is -2.24. The Labute approximate surface area is 336 Å². The lowest BCUT2D eigenvalue weighted by molar-refractivity contribution is -0.151. The second-order valence-corrected chi connectivity index (χ2v) is 16.5. The summed E-state index contributed by atoms with van der Waals surface area (Å²) in [7, 11) is 0. The number of amides is 1. The normalized spacial score (nSPS) is 13.4. The fraction of sp³-hybridized carbons (Fsp3) is 0.917. The Bertz CT molecular complexity index is 817. The van der Waals surface area contributed by atoms with E-state index in [1.54, 1.807) is 0 Å². The highest BCUT2D eigenvalue weighted by molar-refractivity contribution is 5.77. The van der Waals surface area contributed by atoms with Gasteiger partial charge in [0.15, 0.2) is 0 Å². The molecule has 6 heteroatoms. The molecule has 0 bridgehead atoms. The highest BCUT2D eigenvalue weighted by Gasteiger charge is 2.24. The minimum Gasteiger partial charge on any atom is -0.462 e. The maximum Gasteiger partial charge on any atom is 0.306 e. The maximum atomic E-state index is 13.1. The summed E-state index contributed by atoms with van der Waals surface area (Å²) in [5.74, 6) is -0.479. The van der Waals surface area contributed by atoms with E-state index in [1.807, 2.05) is 0 Å². The molecule has 0 aliphatic rings. The Morgan fingerprint density at radius 1 is 0.519 bits per heavy atom. The summed E-state index contributed by atoms with van der Waals surface area (Å²) in [6.07, 6.45) is 45.6. The number of rotatable bonds is 43. The van der Waals surface area contributed by atoms with Crippen LogP contribution in [-0.4, -0.2) is 46.9 Å². The third-order valence-corrected chi connectivity index (χ3v) is 11.1. The van der Waals surface area contributed by atoms with Crippen molar-refractivity contribution >= 4 is 11.9 Å². The minimum absolute atomic E-state index is 0.0726. The maximum absolute atomic E-state index is 13.1. The molecule has 0 aromatic heterocycles. The Morgan fingerprint density at radius 2 is 0.907 bits per heavy atom. The van der Waals surface area contributed by atoms with E-state index < -0.39 is 18.2 Å². The molecule has 3 N–H and O–H groups in total. The van der Waals surface area contributed by atoms with Crippen LogP contribution in [-0.2, 0) is 14.3 Å². The summed E-state index contributed by atoms with van der Waals surface area (Å²) in [4.78, 5) is 26.0. The fourth-order valence-corrected chi connectivity index (χ4v) is 7.41. The summed E-state index contributed by atoms with van der Waals surface area (Å²) in [5.41, 5.74) is 0. The molecular weight excluding hydrogens is 671 g/mol. The first kappa shape index (κ1) is 52.6. The molecule has 320 valence electrons. The molecule has 0 heterocycles. The average molecular weight is 764 g/mol. The van der Waals surface area contributed by atoms with Gasteiger partial charge in [0.2, 0.25) is 5.91 Å². The lowest BCUT2D eigenvalue weighted by Crippen LogP contribution is -2.46. The van der Waals surface area contributed by atoms with Crippen molar-refractivity contribution in [1.29, 1.82) is 0 Å². The number of ether oxygens (including phenoxy) is 1. The number of hydrogen-bond donors (Lipinski definition) is 3. The van der Waals surface area contributed by atoms with Gasteiger partial charge in [-0.25, -0.2) is 0 Å². The van der Waals surface area contributed by atoms with Crippen LogP contribution in [0, 0.1) is 0 Å². The molecule has 0 saturated carbocycles. The van der Waals surface area contributed by atoms with Gasteiger partial charge in [0, 0.05) is 6.42 Å². The van der Waals surface area contributed by atoms with Crippen LogP contribution >= 0.6 is 0 Å². The van der Waals surface area contributed by atoms with Gasteiger partial charge in [-0.1, -0.05) is 213 Å². The molecule has 0 spiro atoms. The molecule has 0 aliphatic carbocycles. The van der Waals surface area contributed by atoms with E-state index in [0.29, 0.717) is 19.3 Å². The third kappa shape index (κ3) is 37.5. The van der Waals surface area contributed by atoms with Crippen molar-refractivity contribution in [3.8, 4) is 0 Å². The van der Waals surface area contributed by atoms with Crippen LogP contribution in [0.2, 0.25) is 0 Å². The van der Waals surface area contributed by atoms with Crippen molar-refractivity contribution in [2.45, 2.75) is 277 Å². The fourth-order valence-electron chi connectivity index (χ4n) is 7.41. The monoisotopic (exact) mass is 764 g/mol. The van der Waals surface area contributed by atoms with Crippen molar-refractivity contribution in [1.82, 2.24) is 5.32 Å².